The number of rotatable bonds is 6. The van der Waals surface area contributed by atoms with E-state index in [9.17, 15) is 14.0 Å². The number of carbonyl (C=O) groups is 2. The number of piperidine rings is 1. The summed E-state index contributed by atoms with van der Waals surface area (Å²) in [7, 11) is 0. The van der Waals surface area contributed by atoms with E-state index in [1.807, 2.05) is 30.3 Å². The van der Waals surface area contributed by atoms with Crippen molar-refractivity contribution in [1.82, 2.24) is 4.90 Å². The number of ketones is 1. The Balaban J connectivity index is 1.29. The van der Waals surface area contributed by atoms with E-state index < -0.39 is 0 Å². The van der Waals surface area contributed by atoms with Gasteiger partial charge in [-0.25, -0.2) is 9.18 Å². The molecule has 0 spiro atoms. The first-order chi connectivity index (χ1) is 15.6. The number of urea groups is 1. The first-order valence-corrected chi connectivity index (χ1v) is 10.7. The zero-order chi connectivity index (χ0) is 22.3. The van der Waals surface area contributed by atoms with Crippen LogP contribution in [0.2, 0.25) is 0 Å². The van der Waals surface area contributed by atoms with Crippen LogP contribution >= 0.6 is 0 Å². The molecule has 1 aliphatic rings. The van der Waals surface area contributed by atoms with E-state index in [1.54, 1.807) is 41.3 Å². The summed E-state index contributed by atoms with van der Waals surface area (Å²) in [4.78, 5) is 27.1. The van der Waals surface area contributed by atoms with Gasteiger partial charge in [0.25, 0.3) is 0 Å². The van der Waals surface area contributed by atoms with E-state index in [2.05, 4.69) is 5.32 Å². The molecular formula is C26H25FN2O3. The number of anilines is 1. The lowest BCUT2D eigenvalue weighted by molar-refractivity contribution is 0.0859. The molecule has 0 unspecified atom stereocenters. The SMILES string of the molecule is O=C(c1ccccc1)C1CCN(C(=O)Nc2cccc(OCc3cccc(F)c3)c2)CC1. The standard InChI is InChI=1S/C26H25FN2O3/c27-22-9-4-6-19(16-22)18-32-24-11-5-10-23(17-24)28-26(31)29-14-12-21(13-15-29)25(30)20-7-2-1-3-8-20/h1-11,16-17,21H,12-15,18H2,(H,28,31). The molecule has 1 heterocycles. The van der Waals surface area contributed by atoms with Gasteiger partial charge in [-0.15, -0.1) is 0 Å². The van der Waals surface area contributed by atoms with Crippen LogP contribution < -0.4 is 10.1 Å². The molecule has 5 nitrogen and oxygen atoms in total. The van der Waals surface area contributed by atoms with Crippen LogP contribution in [0.15, 0.2) is 78.9 Å². The summed E-state index contributed by atoms with van der Waals surface area (Å²) in [6.45, 7) is 1.30. The molecule has 0 aromatic heterocycles. The molecule has 4 rings (SSSR count). The monoisotopic (exact) mass is 432 g/mol. The predicted octanol–water partition coefficient (Wildman–Crippen LogP) is 5.53. The van der Waals surface area contributed by atoms with E-state index in [0.717, 1.165) is 11.1 Å². The quantitative estimate of drug-likeness (QED) is 0.521. The van der Waals surface area contributed by atoms with Crippen LogP contribution in [-0.4, -0.2) is 29.8 Å². The zero-order valence-electron chi connectivity index (χ0n) is 17.7. The van der Waals surface area contributed by atoms with Gasteiger partial charge >= 0.3 is 6.03 Å². The van der Waals surface area contributed by atoms with Crippen molar-refractivity contribution < 1.29 is 18.7 Å². The molecule has 1 aliphatic heterocycles. The number of nitrogens with zero attached hydrogens (tertiary/aromatic N) is 1. The molecule has 0 radical (unpaired) electrons. The summed E-state index contributed by atoms with van der Waals surface area (Å²) in [6, 6.07) is 22.5. The Bertz CT molecular complexity index is 1080. The lowest BCUT2D eigenvalue weighted by atomic mass is 9.89. The maximum absolute atomic E-state index is 13.3. The highest BCUT2D eigenvalue weighted by Crippen LogP contribution is 2.23. The molecule has 0 saturated carbocycles. The average Bonchev–Trinajstić information content (AvgIpc) is 2.83. The fourth-order valence-corrected chi connectivity index (χ4v) is 3.84. The molecule has 2 amide bonds. The lowest BCUT2D eigenvalue weighted by Crippen LogP contribution is -2.42. The molecule has 32 heavy (non-hydrogen) atoms. The second-order valence-corrected chi connectivity index (χ2v) is 7.87. The van der Waals surface area contributed by atoms with Crippen LogP contribution in [0.25, 0.3) is 0 Å². The van der Waals surface area contributed by atoms with Crippen LogP contribution in [0, 0.1) is 11.7 Å². The average molecular weight is 432 g/mol. The smallest absolute Gasteiger partial charge is 0.321 e. The van der Waals surface area contributed by atoms with E-state index in [0.29, 0.717) is 37.4 Å². The molecule has 3 aromatic rings. The minimum Gasteiger partial charge on any atom is -0.489 e. The number of hydrogen-bond donors (Lipinski definition) is 1. The van der Waals surface area contributed by atoms with Crippen molar-refractivity contribution in [2.75, 3.05) is 18.4 Å². The van der Waals surface area contributed by atoms with Crippen molar-refractivity contribution in [3.63, 3.8) is 0 Å². The number of likely N-dealkylation sites (tertiary alicyclic amines) is 1. The molecule has 1 N–H and O–H groups in total. The second kappa shape index (κ2) is 10.1. The largest absolute Gasteiger partial charge is 0.489 e. The van der Waals surface area contributed by atoms with E-state index in [1.165, 1.54) is 12.1 Å². The van der Waals surface area contributed by atoms with Crippen molar-refractivity contribution in [3.8, 4) is 5.75 Å². The lowest BCUT2D eigenvalue weighted by Gasteiger charge is -2.31. The molecule has 6 heteroatoms. The van der Waals surface area contributed by atoms with E-state index in [-0.39, 0.29) is 30.2 Å². The van der Waals surface area contributed by atoms with Gasteiger partial charge in [-0.05, 0) is 42.7 Å². The third kappa shape index (κ3) is 5.52. The summed E-state index contributed by atoms with van der Waals surface area (Å²) in [5, 5.41) is 2.90. The number of hydrogen-bond acceptors (Lipinski definition) is 3. The Labute approximate surface area is 186 Å². The van der Waals surface area contributed by atoms with Crippen LogP contribution in [0.4, 0.5) is 14.9 Å². The highest BCUT2D eigenvalue weighted by molar-refractivity contribution is 5.98. The van der Waals surface area contributed by atoms with Crippen LogP contribution in [0.3, 0.4) is 0 Å². The number of nitrogens with one attached hydrogen (secondary N) is 1. The van der Waals surface area contributed by atoms with Crippen LogP contribution in [0.1, 0.15) is 28.8 Å². The second-order valence-electron chi connectivity index (χ2n) is 7.87. The van der Waals surface area contributed by atoms with Gasteiger partial charge in [0, 0.05) is 36.3 Å². The van der Waals surface area contributed by atoms with E-state index in [4.69, 9.17) is 4.74 Å². The Kier molecular flexibility index (Phi) is 6.80. The fraction of sp³-hybridized carbons (Fsp3) is 0.231. The number of ether oxygens (including phenoxy) is 1. The summed E-state index contributed by atoms with van der Waals surface area (Å²) < 4.78 is 19.0. The number of Topliss-reactive ketones (excluding diaryl/α,β-unsaturated/α-hetero) is 1. The summed E-state index contributed by atoms with van der Waals surface area (Å²) >= 11 is 0. The molecule has 0 atom stereocenters. The van der Waals surface area contributed by atoms with Crippen molar-refractivity contribution >= 4 is 17.5 Å². The van der Waals surface area contributed by atoms with Crippen molar-refractivity contribution in [1.29, 1.82) is 0 Å². The molecule has 0 bridgehead atoms. The van der Waals surface area contributed by atoms with Gasteiger partial charge < -0.3 is 15.0 Å². The number of carbonyl (C=O) groups excluding carboxylic acids is 2. The van der Waals surface area contributed by atoms with Crippen molar-refractivity contribution in [2.45, 2.75) is 19.4 Å². The minimum absolute atomic E-state index is 0.0546. The first-order valence-electron chi connectivity index (χ1n) is 10.7. The van der Waals surface area contributed by atoms with Gasteiger partial charge in [0.15, 0.2) is 5.78 Å². The number of amides is 2. The molecule has 164 valence electrons. The van der Waals surface area contributed by atoms with Gasteiger partial charge in [-0.2, -0.15) is 0 Å². The minimum atomic E-state index is -0.304. The summed E-state index contributed by atoms with van der Waals surface area (Å²) in [6.07, 6.45) is 1.30. The Hall–Kier alpha value is -3.67. The summed E-state index contributed by atoms with van der Waals surface area (Å²) in [5.41, 5.74) is 2.08. The van der Waals surface area contributed by atoms with Gasteiger partial charge in [-0.1, -0.05) is 48.5 Å². The fourth-order valence-electron chi connectivity index (χ4n) is 3.84. The Morgan fingerprint density at radius 2 is 1.69 bits per heavy atom. The van der Waals surface area contributed by atoms with Crippen molar-refractivity contribution in [3.05, 3.63) is 95.8 Å². The predicted molar refractivity (Wildman–Crippen MR) is 121 cm³/mol. The molecule has 0 aliphatic carbocycles. The molecule has 1 saturated heterocycles. The highest BCUT2D eigenvalue weighted by Gasteiger charge is 2.27. The highest BCUT2D eigenvalue weighted by atomic mass is 19.1. The first kappa shape index (κ1) is 21.6. The van der Waals surface area contributed by atoms with Crippen molar-refractivity contribution in [2.24, 2.45) is 5.92 Å². The third-order valence-corrected chi connectivity index (χ3v) is 5.59. The zero-order valence-corrected chi connectivity index (χ0v) is 17.7. The topological polar surface area (TPSA) is 58.6 Å². The number of benzene rings is 3. The van der Waals surface area contributed by atoms with E-state index >= 15 is 0 Å². The maximum atomic E-state index is 13.3. The Morgan fingerprint density at radius 1 is 0.938 bits per heavy atom. The van der Waals surface area contributed by atoms with Crippen LogP contribution in [-0.2, 0) is 6.61 Å². The molecular weight excluding hydrogens is 407 g/mol. The van der Waals surface area contributed by atoms with Crippen LogP contribution in [0.5, 0.6) is 5.75 Å². The Morgan fingerprint density at radius 3 is 2.44 bits per heavy atom. The normalized spacial score (nSPS) is 14.1. The third-order valence-electron chi connectivity index (χ3n) is 5.59. The summed E-state index contributed by atoms with van der Waals surface area (Å²) in [5.74, 6) is 0.371. The van der Waals surface area contributed by atoms with Gasteiger partial charge in [0.05, 0.1) is 0 Å². The number of halogens is 1. The molecule has 1 fully saturated rings. The van der Waals surface area contributed by atoms with Gasteiger partial charge in [0.1, 0.15) is 18.2 Å². The maximum Gasteiger partial charge on any atom is 0.321 e. The molecule has 3 aromatic carbocycles. The van der Waals surface area contributed by atoms with Gasteiger partial charge in [-0.3, -0.25) is 4.79 Å². The van der Waals surface area contributed by atoms with Gasteiger partial charge in [0.2, 0.25) is 0 Å².